The average molecular weight is 394 g/mol. The molecule has 1 N–H and O–H groups in total. The Labute approximate surface area is 159 Å². The van der Waals surface area contributed by atoms with Crippen LogP contribution in [0.1, 0.15) is 35.9 Å². The van der Waals surface area contributed by atoms with Gasteiger partial charge in [0, 0.05) is 24.0 Å². The number of furan rings is 1. The molecular weight excluding hydrogens is 368 g/mol. The van der Waals surface area contributed by atoms with Gasteiger partial charge in [0.25, 0.3) is 0 Å². The Morgan fingerprint density at radius 1 is 1.41 bits per heavy atom. The van der Waals surface area contributed by atoms with E-state index in [4.69, 9.17) is 9.15 Å². The van der Waals surface area contributed by atoms with E-state index >= 15 is 0 Å². The third-order valence-corrected chi connectivity index (χ3v) is 6.84. The maximum atomic E-state index is 13.1. The van der Waals surface area contributed by atoms with Gasteiger partial charge in [0.05, 0.1) is 11.5 Å². The fraction of sp³-hybridized carbons (Fsp3) is 0.526. The van der Waals surface area contributed by atoms with E-state index < -0.39 is 16.0 Å². The van der Waals surface area contributed by atoms with E-state index in [0.29, 0.717) is 35.5 Å². The molecule has 3 rings (SSSR count). The highest BCUT2D eigenvalue weighted by Crippen LogP contribution is 2.30. The molecular formula is C19H26N2O5S. The molecule has 8 heteroatoms. The topological polar surface area (TPSA) is 88.8 Å². The predicted octanol–water partition coefficient (Wildman–Crippen LogP) is 2.54. The summed E-state index contributed by atoms with van der Waals surface area (Å²) in [5.74, 6) is -0.108. The van der Waals surface area contributed by atoms with Crippen LogP contribution in [0.25, 0.3) is 11.0 Å². The average Bonchev–Trinajstić information content (AvgIpc) is 2.99. The van der Waals surface area contributed by atoms with E-state index in [1.165, 1.54) is 6.07 Å². The van der Waals surface area contributed by atoms with Gasteiger partial charge in [-0.3, -0.25) is 0 Å². The van der Waals surface area contributed by atoms with Gasteiger partial charge in [-0.1, -0.05) is 0 Å². The summed E-state index contributed by atoms with van der Waals surface area (Å²) in [6.45, 7) is 5.55. The van der Waals surface area contributed by atoms with Gasteiger partial charge in [-0.15, -0.1) is 0 Å². The summed E-state index contributed by atoms with van der Waals surface area (Å²) in [6.07, 6.45) is 1.88. The number of nitrogens with zero attached hydrogens (tertiary/aromatic N) is 1. The molecule has 1 fully saturated rings. The second-order valence-corrected chi connectivity index (χ2v) is 8.80. The van der Waals surface area contributed by atoms with Crippen molar-refractivity contribution in [2.24, 2.45) is 5.92 Å². The quantitative estimate of drug-likeness (QED) is 0.758. The number of carbonyl (C=O) groups is 1. The molecule has 1 saturated heterocycles. The molecule has 0 radical (unpaired) electrons. The lowest BCUT2D eigenvalue weighted by Gasteiger charge is -2.31. The van der Waals surface area contributed by atoms with Crippen molar-refractivity contribution >= 4 is 27.0 Å². The van der Waals surface area contributed by atoms with Crippen LogP contribution in [0.3, 0.4) is 0 Å². The number of benzene rings is 1. The summed E-state index contributed by atoms with van der Waals surface area (Å²) in [5.41, 5.74) is 1.06. The first-order chi connectivity index (χ1) is 12.9. The van der Waals surface area contributed by atoms with Gasteiger partial charge >= 0.3 is 5.97 Å². The highest BCUT2D eigenvalue weighted by atomic mass is 32.2. The summed E-state index contributed by atoms with van der Waals surface area (Å²) in [6, 6.07) is 4.73. The van der Waals surface area contributed by atoms with Crippen LogP contribution in [-0.4, -0.2) is 52.0 Å². The first kappa shape index (κ1) is 19.9. The van der Waals surface area contributed by atoms with Gasteiger partial charge in [-0.05, 0) is 64.4 Å². The second kappa shape index (κ2) is 8.00. The van der Waals surface area contributed by atoms with Gasteiger partial charge < -0.3 is 14.5 Å². The van der Waals surface area contributed by atoms with E-state index in [1.807, 2.05) is 7.05 Å². The van der Waals surface area contributed by atoms with Crippen LogP contribution in [0.2, 0.25) is 0 Å². The van der Waals surface area contributed by atoms with Gasteiger partial charge in [-0.25, -0.2) is 13.2 Å². The summed E-state index contributed by atoms with van der Waals surface area (Å²) < 4.78 is 38.4. The third kappa shape index (κ3) is 3.88. The molecule has 1 aromatic carbocycles. The minimum Gasteiger partial charge on any atom is -0.460 e. The zero-order valence-corrected chi connectivity index (χ0v) is 16.8. The van der Waals surface area contributed by atoms with Crippen molar-refractivity contribution in [3.05, 3.63) is 29.5 Å². The highest BCUT2D eigenvalue weighted by molar-refractivity contribution is 7.89. The van der Waals surface area contributed by atoms with Crippen molar-refractivity contribution in [3.8, 4) is 0 Å². The van der Waals surface area contributed by atoms with Crippen molar-refractivity contribution in [2.75, 3.05) is 33.3 Å². The molecule has 7 nitrogen and oxygen atoms in total. The van der Waals surface area contributed by atoms with Crippen molar-refractivity contribution in [1.29, 1.82) is 0 Å². The molecule has 1 atom stereocenters. The van der Waals surface area contributed by atoms with Gasteiger partial charge in [-0.2, -0.15) is 4.31 Å². The Hall–Kier alpha value is -1.90. The predicted molar refractivity (Wildman–Crippen MR) is 102 cm³/mol. The van der Waals surface area contributed by atoms with Crippen molar-refractivity contribution in [2.45, 2.75) is 31.6 Å². The summed E-state index contributed by atoms with van der Waals surface area (Å²) in [7, 11) is -1.72. The smallest absolute Gasteiger partial charge is 0.374 e. The number of rotatable bonds is 6. The Kier molecular flexibility index (Phi) is 5.88. The second-order valence-electron chi connectivity index (χ2n) is 6.86. The minimum absolute atomic E-state index is 0.119. The van der Waals surface area contributed by atoms with Crippen LogP contribution < -0.4 is 5.32 Å². The number of aryl methyl sites for hydroxylation is 1. The van der Waals surface area contributed by atoms with E-state index in [0.717, 1.165) is 19.4 Å². The molecule has 1 aliphatic rings. The number of piperidine rings is 1. The molecule has 1 unspecified atom stereocenters. The minimum atomic E-state index is -3.59. The largest absolute Gasteiger partial charge is 0.460 e. The lowest BCUT2D eigenvalue weighted by molar-refractivity contribution is 0.0491. The van der Waals surface area contributed by atoms with Crippen LogP contribution >= 0.6 is 0 Å². The van der Waals surface area contributed by atoms with Crippen LogP contribution in [0.5, 0.6) is 0 Å². The number of fused-ring (bicyclic) bond motifs is 1. The van der Waals surface area contributed by atoms with E-state index in [1.54, 1.807) is 30.3 Å². The Balaban J connectivity index is 1.94. The number of carbonyl (C=O) groups excluding carboxylic acids is 1. The van der Waals surface area contributed by atoms with Gasteiger partial charge in [0.1, 0.15) is 5.58 Å². The normalized spacial score (nSPS) is 18.7. The van der Waals surface area contributed by atoms with Crippen LogP contribution in [0, 0.1) is 12.8 Å². The molecule has 1 aliphatic heterocycles. The molecule has 27 heavy (non-hydrogen) atoms. The van der Waals surface area contributed by atoms with Crippen LogP contribution in [0.4, 0.5) is 0 Å². The maximum Gasteiger partial charge on any atom is 0.374 e. The fourth-order valence-corrected chi connectivity index (χ4v) is 5.18. The summed E-state index contributed by atoms with van der Waals surface area (Å²) in [4.78, 5) is 12.2. The van der Waals surface area contributed by atoms with E-state index in [9.17, 15) is 13.2 Å². The van der Waals surface area contributed by atoms with Crippen molar-refractivity contribution in [1.82, 2.24) is 9.62 Å². The maximum absolute atomic E-state index is 13.1. The Morgan fingerprint density at radius 3 is 2.89 bits per heavy atom. The van der Waals surface area contributed by atoms with Crippen molar-refractivity contribution in [3.63, 3.8) is 0 Å². The molecule has 2 heterocycles. The first-order valence-electron chi connectivity index (χ1n) is 9.23. The fourth-order valence-electron chi connectivity index (χ4n) is 3.60. The molecule has 148 valence electrons. The molecule has 0 spiro atoms. The molecule has 1 aromatic heterocycles. The third-order valence-electron chi connectivity index (χ3n) is 4.98. The van der Waals surface area contributed by atoms with Crippen LogP contribution in [0.15, 0.2) is 27.5 Å². The molecule has 2 aromatic rings. The summed E-state index contributed by atoms with van der Waals surface area (Å²) in [5, 5.41) is 3.74. The van der Waals surface area contributed by atoms with Crippen LogP contribution in [-0.2, 0) is 14.8 Å². The number of nitrogens with one attached hydrogen (secondary N) is 1. The molecule has 0 saturated carbocycles. The highest BCUT2D eigenvalue weighted by Gasteiger charge is 2.30. The lowest BCUT2D eigenvalue weighted by Crippen LogP contribution is -2.42. The Morgan fingerprint density at radius 2 is 2.19 bits per heavy atom. The van der Waals surface area contributed by atoms with Gasteiger partial charge in [0.15, 0.2) is 0 Å². The summed E-state index contributed by atoms with van der Waals surface area (Å²) >= 11 is 0. The molecule has 0 aliphatic carbocycles. The first-order valence-corrected chi connectivity index (χ1v) is 10.7. The lowest BCUT2D eigenvalue weighted by atomic mass is 10.00. The standard InChI is InChI=1S/C19H26N2O5S/c1-4-25-19(22)18-13(2)16-10-15(7-8-17(16)26-18)27(23,24)21-9-5-6-14(12-21)11-20-3/h7-8,10,14,20H,4-6,9,11-12H2,1-3H3. The number of hydrogen-bond donors (Lipinski definition) is 1. The monoisotopic (exact) mass is 394 g/mol. The molecule has 0 amide bonds. The van der Waals surface area contributed by atoms with Gasteiger partial charge in [0.2, 0.25) is 15.8 Å². The zero-order valence-electron chi connectivity index (χ0n) is 15.9. The van der Waals surface area contributed by atoms with E-state index in [2.05, 4.69) is 5.32 Å². The van der Waals surface area contributed by atoms with E-state index in [-0.39, 0.29) is 17.3 Å². The molecule has 0 bridgehead atoms. The SMILES string of the molecule is CCOC(=O)c1oc2ccc(S(=O)(=O)N3CCCC(CNC)C3)cc2c1C. The number of hydrogen-bond acceptors (Lipinski definition) is 6. The van der Waals surface area contributed by atoms with Crippen molar-refractivity contribution < 1.29 is 22.4 Å². The number of esters is 1. The zero-order chi connectivity index (χ0) is 19.6. The number of sulfonamides is 1. The number of ether oxygens (including phenoxy) is 1. The Bertz CT molecular complexity index is 933.